The molecular weight excluding hydrogens is 292 g/mol. The zero-order chi connectivity index (χ0) is 14.8. The van der Waals surface area contributed by atoms with E-state index in [0.717, 1.165) is 17.5 Å². The zero-order valence-corrected chi connectivity index (χ0v) is 12.0. The molecule has 0 spiro atoms. The maximum Gasteiger partial charge on any atom is 0.313 e. The largest absolute Gasteiger partial charge is 0.481 e. The molecule has 7 nitrogen and oxygen atoms in total. The molecule has 0 saturated carbocycles. The van der Waals surface area contributed by atoms with E-state index in [0.29, 0.717) is 18.1 Å². The average molecular weight is 306 g/mol. The van der Waals surface area contributed by atoms with Crippen LogP contribution in [0.15, 0.2) is 23.6 Å². The van der Waals surface area contributed by atoms with Crippen molar-refractivity contribution >= 4 is 34.7 Å². The molecule has 1 amide bonds. The molecule has 2 aromatic heterocycles. The van der Waals surface area contributed by atoms with Crippen molar-refractivity contribution in [2.75, 3.05) is 12.3 Å². The predicted octanol–water partition coefficient (Wildman–Crippen LogP) is 1.06. The first-order valence-electron chi connectivity index (χ1n) is 6.58. The van der Waals surface area contributed by atoms with Crippen LogP contribution in [0, 0.1) is 0 Å². The average Bonchev–Trinajstić information content (AvgIpc) is 2.84. The minimum Gasteiger partial charge on any atom is -0.481 e. The number of aliphatic carboxylic acids is 1. The van der Waals surface area contributed by atoms with Crippen LogP contribution in [0.1, 0.15) is 18.9 Å². The van der Waals surface area contributed by atoms with Gasteiger partial charge in [0.25, 0.3) is 0 Å². The second-order valence-electron chi connectivity index (χ2n) is 4.81. The van der Waals surface area contributed by atoms with Gasteiger partial charge in [-0.2, -0.15) is 0 Å². The number of amides is 1. The Morgan fingerprint density at radius 3 is 3.14 bits per heavy atom. The van der Waals surface area contributed by atoms with E-state index in [4.69, 9.17) is 5.11 Å². The summed E-state index contributed by atoms with van der Waals surface area (Å²) < 4.78 is 2.02. The normalized spacial score (nSPS) is 18.7. The van der Waals surface area contributed by atoms with Crippen molar-refractivity contribution in [1.29, 1.82) is 0 Å². The monoisotopic (exact) mass is 306 g/mol. The summed E-state index contributed by atoms with van der Waals surface area (Å²) in [6, 6.07) is 1.95. The van der Waals surface area contributed by atoms with Gasteiger partial charge in [0, 0.05) is 19.2 Å². The number of hydrogen-bond donors (Lipinski definition) is 2. The van der Waals surface area contributed by atoms with E-state index < -0.39 is 5.97 Å². The van der Waals surface area contributed by atoms with Crippen LogP contribution in [-0.2, 0) is 9.59 Å². The molecule has 0 aliphatic carbocycles. The van der Waals surface area contributed by atoms with Gasteiger partial charge >= 0.3 is 5.97 Å². The lowest BCUT2D eigenvalue weighted by Gasteiger charge is -2.25. The van der Waals surface area contributed by atoms with E-state index in [1.165, 1.54) is 11.8 Å². The summed E-state index contributed by atoms with van der Waals surface area (Å²) in [6.45, 7) is 0.535. The first-order valence-corrected chi connectivity index (χ1v) is 7.57. The fourth-order valence-electron chi connectivity index (χ4n) is 2.45. The molecular formula is C13H14N4O3S. The number of hydrogen-bond acceptors (Lipinski definition) is 5. The quantitative estimate of drug-likeness (QED) is 0.820. The predicted molar refractivity (Wildman–Crippen MR) is 77.2 cm³/mol. The number of nitrogens with zero attached hydrogens (tertiary/aromatic N) is 3. The number of nitrogens with one attached hydrogen (secondary N) is 1. The van der Waals surface area contributed by atoms with E-state index in [1.54, 1.807) is 12.4 Å². The Kier molecular flexibility index (Phi) is 3.78. The number of pyridine rings is 1. The highest BCUT2D eigenvalue weighted by atomic mass is 32.2. The number of carbonyl (C=O) groups excluding carboxylic acids is 1. The summed E-state index contributed by atoms with van der Waals surface area (Å²) in [5.74, 6) is -0.874. The molecule has 3 heterocycles. The Bertz CT molecular complexity index is 690. The molecule has 1 aliphatic heterocycles. The Morgan fingerprint density at radius 2 is 2.43 bits per heavy atom. The number of imidazole rings is 1. The Morgan fingerprint density at radius 1 is 1.57 bits per heavy atom. The standard InChI is InChI=1S/C13H14N4O3S/c18-11-2-1-8(5-15-11)17-10-3-4-14-6-9(10)16-13(17)21-7-12(19)20/h3-4,6,8H,1-2,5,7H2,(H,15,18)(H,19,20). The van der Waals surface area contributed by atoms with Gasteiger partial charge in [-0.3, -0.25) is 14.6 Å². The van der Waals surface area contributed by atoms with Gasteiger partial charge in [-0.05, 0) is 12.5 Å². The van der Waals surface area contributed by atoms with Crippen molar-refractivity contribution in [3.63, 3.8) is 0 Å². The fourth-order valence-corrected chi connectivity index (χ4v) is 3.25. The van der Waals surface area contributed by atoms with Gasteiger partial charge in [0.1, 0.15) is 5.52 Å². The van der Waals surface area contributed by atoms with Gasteiger partial charge in [0.2, 0.25) is 5.91 Å². The molecule has 2 aromatic rings. The number of fused-ring (bicyclic) bond motifs is 1. The lowest BCUT2D eigenvalue weighted by Crippen LogP contribution is -2.36. The molecule has 0 aromatic carbocycles. The van der Waals surface area contributed by atoms with Crippen LogP contribution in [0.3, 0.4) is 0 Å². The van der Waals surface area contributed by atoms with Gasteiger partial charge in [-0.15, -0.1) is 0 Å². The molecule has 8 heteroatoms. The van der Waals surface area contributed by atoms with Crippen molar-refractivity contribution in [3.8, 4) is 0 Å². The zero-order valence-electron chi connectivity index (χ0n) is 11.2. The summed E-state index contributed by atoms with van der Waals surface area (Å²) in [4.78, 5) is 30.6. The number of carbonyl (C=O) groups is 2. The third-order valence-electron chi connectivity index (χ3n) is 3.39. The van der Waals surface area contributed by atoms with Crippen LogP contribution in [-0.4, -0.2) is 43.8 Å². The minimum atomic E-state index is -0.881. The number of rotatable bonds is 4. The smallest absolute Gasteiger partial charge is 0.313 e. The van der Waals surface area contributed by atoms with Crippen LogP contribution in [0.25, 0.3) is 11.0 Å². The Labute approximate surface area is 124 Å². The van der Waals surface area contributed by atoms with E-state index in [2.05, 4.69) is 15.3 Å². The van der Waals surface area contributed by atoms with E-state index in [9.17, 15) is 9.59 Å². The molecule has 110 valence electrons. The summed E-state index contributed by atoms with van der Waals surface area (Å²) >= 11 is 1.19. The molecule has 0 bridgehead atoms. The highest BCUT2D eigenvalue weighted by Crippen LogP contribution is 2.30. The molecule has 1 atom stereocenters. The maximum atomic E-state index is 11.3. The van der Waals surface area contributed by atoms with Crippen molar-refractivity contribution in [2.24, 2.45) is 0 Å². The van der Waals surface area contributed by atoms with Gasteiger partial charge in [0.05, 0.1) is 23.5 Å². The second kappa shape index (κ2) is 5.72. The molecule has 1 saturated heterocycles. The number of piperidine rings is 1. The van der Waals surface area contributed by atoms with Gasteiger partial charge in [0.15, 0.2) is 5.16 Å². The van der Waals surface area contributed by atoms with Crippen LogP contribution >= 0.6 is 11.8 Å². The van der Waals surface area contributed by atoms with Crippen molar-refractivity contribution in [2.45, 2.75) is 24.0 Å². The van der Waals surface area contributed by atoms with E-state index >= 15 is 0 Å². The van der Waals surface area contributed by atoms with Crippen LogP contribution in [0.5, 0.6) is 0 Å². The molecule has 1 aliphatic rings. The number of thioether (sulfide) groups is 1. The first-order chi connectivity index (χ1) is 10.1. The van der Waals surface area contributed by atoms with Crippen LogP contribution in [0.2, 0.25) is 0 Å². The molecule has 2 N–H and O–H groups in total. The number of carboxylic acid groups (broad SMARTS) is 1. The highest BCUT2D eigenvalue weighted by Gasteiger charge is 2.24. The first kappa shape index (κ1) is 13.9. The van der Waals surface area contributed by atoms with Crippen molar-refractivity contribution < 1.29 is 14.7 Å². The highest BCUT2D eigenvalue weighted by molar-refractivity contribution is 7.99. The van der Waals surface area contributed by atoms with Crippen LogP contribution < -0.4 is 5.32 Å². The molecule has 0 radical (unpaired) electrons. The number of carboxylic acids is 1. The third-order valence-corrected chi connectivity index (χ3v) is 4.33. The lowest BCUT2D eigenvalue weighted by atomic mass is 10.1. The summed E-state index contributed by atoms with van der Waals surface area (Å²) in [7, 11) is 0. The summed E-state index contributed by atoms with van der Waals surface area (Å²) in [6.07, 6.45) is 4.55. The lowest BCUT2D eigenvalue weighted by molar-refractivity contribution is -0.134. The molecule has 1 unspecified atom stereocenters. The SMILES string of the molecule is O=C(O)CSc1nc2cnccc2n1C1CCC(=O)NC1. The van der Waals surface area contributed by atoms with Gasteiger partial charge < -0.3 is 15.0 Å². The second-order valence-corrected chi connectivity index (χ2v) is 5.75. The van der Waals surface area contributed by atoms with E-state index in [-0.39, 0.29) is 17.7 Å². The number of aromatic nitrogens is 3. The Hall–Kier alpha value is -2.09. The summed E-state index contributed by atoms with van der Waals surface area (Å²) in [5, 5.41) is 12.4. The fraction of sp³-hybridized carbons (Fsp3) is 0.385. The van der Waals surface area contributed by atoms with Crippen molar-refractivity contribution in [3.05, 3.63) is 18.5 Å². The topological polar surface area (TPSA) is 97.1 Å². The third kappa shape index (κ3) is 2.85. The minimum absolute atomic E-state index is 0.0458. The van der Waals surface area contributed by atoms with Gasteiger partial charge in [-0.1, -0.05) is 11.8 Å². The molecule has 21 heavy (non-hydrogen) atoms. The van der Waals surface area contributed by atoms with E-state index in [1.807, 2.05) is 10.6 Å². The molecule has 3 rings (SSSR count). The summed E-state index contributed by atoms with van der Waals surface area (Å²) in [5.41, 5.74) is 1.65. The maximum absolute atomic E-state index is 11.3. The molecule has 1 fully saturated rings. The van der Waals surface area contributed by atoms with Gasteiger partial charge in [-0.25, -0.2) is 4.98 Å². The van der Waals surface area contributed by atoms with Crippen molar-refractivity contribution in [1.82, 2.24) is 19.9 Å². The Balaban J connectivity index is 1.98. The van der Waals surface area contributed by atoms with Crippen LogP contribution in [0.4, 0.5) is 0 Å².